The number of carbonyl (C=O) groups excluding carboxylic acids is 2. The summed E-state index contributed by atoms with van der Waals surface area (Å²) >= 11 is 0. The van der Waals surface area contributed by atoms with E-state index in [-0.39, 0.29) is 35.4 Å². The maximum Gasteiger partial charge on any atom is 0.168 e. The molecule has 0 spiro atoms. The number of ether oxygens (including phenoxy) is 1. The minimum atomic E-state index is -0.917. The summed E-state index contributed by atoms with van der Waals surface area (Å²) in [6.07, 6.45) is 4.97. The van der Waals surface area contributed by atoms with E-state index in [0.29, 0.717) is 12.8 Å². The van der Waals surface area contributed by atoms with E-state index in [9.17, 15) is 14.7 Å². The molecule has 1 heterocycles. The normalized spacial score (nSPS) is 51.7. The third kappa shape index (κ3) is 2.12. The summed E-state index contributed by atoms with van der Waals surface area (Å²) in [5, 5.41) is 9.98. The molecule has 0 unspecified atom stereocenters. The molecule has 0 bridgehead atoms. The Morgan fingerprint density at radius 1 is 1.17 bits per heavy atom. The lowest BCUT2D eigenvalue weighted by molar-refractivity contribution is -0.242. The van der Waals surface area contributed by atoms with Crippen molar-refractivity contribution in [1.82, 2.24) is 0 Å². The molecule has 1 saturated heterocycles. The van der Waals surface area contributed by atoms with Crippen molar-refractivity contribution in [2.24, 2.45) is 22.7 Å². The van der Waals surface area contributed by atoms with Crippen LogP contribution < -0.4 is 0 Å². The average molecular weight is 334 g/mol. The first-order valence-corrected chi connectivity index (χ1v) is 9.07. The van der Waals surface area contributed by atoms with Crippen molar-refractivity contribution in [2.45, 2.75) is 71.0 Å². The largest absolute Gasteiger partial charge is 0.395 e. The fourth-order valence-corrected chi connectivity index (χ4v) is 5.99. The number of rotatable bonds is 2. The van der Waals surface area contributed by atoms with Crippen LogP contribution in [0.4, 0.5) is 0 Å². The van der Waals surface area contributed by atoms with Crippen molar-refractivity contribution in [2.75, 3.05) is 6.61 Å². The molecule has 3 fully saturated rings. The highest BCUT2D eigenvalue weighted by Gasteiger charge is 2.65. The fraction of sp³-hybridized carbons (Fsp3) is 0.800. The van der Waals surface area contributed by atoms with Gasteiger partial charge < -0.3 is 9.84 Å². The van der Waals surface area contributed by atoms with Crippen LogP contribution in [0.25, 0.3) is 0 Å². The van der Waals surface area contributed by atoms with Crippen LogP contribution in [-0.2, 0) is 14.3 Å². The van der Waals surface area contributed by atoms with Crippen molar-refractivity contribution in [3.63, 3.8) is 0 Å². The molecular weight excluding hydrogens is 304 g/mol. The summed E-state index contributed by atoms with van der Waals surface area (Å²) < 4.78 is 6.35. The highest BCUT2D eigenvalue weighted by molar-refractivity contribution is 5.90. The quantitative estimate of drug-likeness (QED) is 0.788. The Hall–Kier alpha value is -1.00. The molecule has 0 amide bonds. The smallest absolute Gasteiger partial charge is 0.168 e. The summed E-state index contributed by atoms with van der Waals surface area (Å²) in [6.45, 7) is 11.7. The van der Waals surface area contributed by atoms with Gasteiger partial charge in [0.1, 0.15) is 11.4 Å². The lowest BCUT2D eigenvalue weighted by atomic mass is 9.44. The van der Waals surface area contributed by atoms with Gasteiger partial charge in [-0.05, 0) is 44.4 Å². The number of aliphatic hydroxyl groups is 1. The van der Waals surface area contributed by atoms with Crippen LogP contribution in [0, 0.1) is 22.7 Å². The summed E-state index contributed by atoms with van der Waals surface area (Å²) in [5.74, 6) is 0.404. The Morgan fingerprint density at radius 3 is 2.42 bits per heavy atom. The first-order valence-electron chi connectivity index (χ1n) is 9.07. The van der Waals surface area contributed by atoms with Gasteiger partial charge in [0.05, 0.1) is 17.6 Å². The van der Waals surface area contributed by atoms with Crippen molar-refractivity contribution >= 4 is 11.6 Å². The van der Waals surface area contributed by atoms with E-state index in [0.717, 1.165) is 19.3 Å². The molecule has 2 aliphatic carbocycles. The van der Waals surface area contributed by atoms with Crippen LogP contribution in [0.3, 0.4) is 0 Å². The van der Waals surface area contributed by atoms with Gasteiger partial charge in [0.25, 0.3) is 0 Å². The van der Waals surface area contributed by atoms with Gasteiger partial charge in [0, 0.05) is 18.8 Å². The maximum absolute atomic E-state index is 12.7. The molecule has 24 heavy (non-hydrogen) atoms. The molecule has 6 atom stereocenters. The summed E-state index contributed by atoms with van der Waals surface area (Å²) in [5.41, 5.74) is -2.18. The van der Waals surface area contributed by atoms with E-state index in [1.807, 2.05) is 6.92 Å². The predicted octanol–water partition coefficient (Wildman–Crippen LogP) is 3.07. The molecule has 3 aliphatic rings. The van der Waals surface area contributed by atoms with Gasteiger partial charge in [0.2, 0.25) is 0 Å². The highest BCUT2D eigenvalue weighted by Crippen LogP contribution is 2.64. The van der Waals surface area contributed by atoms with E-state index >= 15 is 0 Å². The minimum absolute atomic E-state index is 0.0725. The number of hydrogen-bond donors (Lipinski definition) is 1. The van der Waals surface area contributed by atoms with E-state index in [1.165, 1.54) is 0 Å². The van der Waals surface area contributed by atoms with E-state index in [2.05, 4.69) is 20.4 Å². The first kappa shape index (κ1) is 17.8. The molecule has 0 aromatic rings. The van der Waals surface area contributed by atoms with Gasteiger partial charge in [-0.1, -0.05) is 26.5 Å². The maximum atomic E-state index is 12.7. The number of aliphatic hydroxyl groups excluding tert-OH is 1. The number of fused-ring (bicyclic) bond motifs is 3. The Bertz CT molecular complexity index is 598. The molecule has 0 radical (unpaired) electrons. The molecule has 1 aliphatic heterocycles. The van der Waals surface area contributed by atoms with Crippen molar-refractivity contribution in [3.05, 3.63) is 12.7 Å². The van der Waals surface area contributed by atoms with Gasteiger partial charge in [-0.15, -0.1) is 0 Å². The number of ketones is 2. The molecule has 1 N–H and O–H groups in total. The van der Waals surface area contributed by atoms with Gasteiger partial charge in [-0.25, -0.2) is 0 Å². The number of hydrogen-bond acceptors (Lipinski definition) is 4. The van der Waals surface area contributed by atoms with Crippen LogP contribution >= 0.6 is 0 Å². The molecule has 2 saturated carbocycles. The van der Waals surface area contributed by atoms with Crippen molar-refractivity contribution in [3.8, 4) is 0 Å². The molecule has 3 rings (SSSR count). The number of carbonyl (C=O) groups is 2. The third-order valence-electron chi connectivity index (χ3n) is 7.66. The molecule has 134 valence electrons. The molecule has 0 aromatic carbocycles. The molecular formula is C20H30O4. The summed E-state index contributed by atoms with van der Waals surface area (Å²) in [6, 6.07) is 0. The van der Waals surface area contributed by atoms with Crippen molar-refractivity contribution < 1.29 is 19.4 Å². The highest BCUT2D eigenvalue weighted by atomic mass is 16.5. The minimum Gasteiger partial charge on any atom is -0.395 e. The van der Waals surface area contributed by atoms with Gasteiger partial charge in [0.15, 0.2) is 5.78 Å². The van der Waals surface area contributed by atoms with Gasteiger partial charge in [-0.3, -0.25) is 9.59 Å². The predicted molar refractivity (Wildman–Crippen MR) is 91.5 cm³/mol. The third-order valence-corrected chi connectivity index (χ3v) is 7.66. The lowest BCUT2D eigenvalue weighted by Crippen LogP contribution is -2.66. The number of Topliss-reactive ketones (excluding diaryl/α,β-unsaturated/α-hetero) is 2. The van der Waals surface area contributed by atoms with E-state index < -0.39 is 16.6 Å². The average Bonchev–Trinajstić information content (AvgIpc) is 2.54. The molecule has 0 aromatic heterocycles. The van der Waals surface area contributed by atoms with Crippen molar-refractivity contribution in [1.29, 1.82) is 0 Å². The molecule has 4 nitrogen and oxygen atoms in total. The second kappa shape index (κ2) is 5.25. The SMILES string of the molecule is C=C[C@]1(C)O[C@@]2(C)CC[C@H]3[C@@](C)(CCC(=O)[C@]3(C)CO)[C@@H]2CC1=O. The fourth-order valence-electron chi connectivity index (χ4n) is 5.99. The Labute approximate surface area is 144 Å². The Kier molecular flexibility index (Phi) is 3.89. The standard InChI is InChI=1S/C20H30O4/c1-6-19(4)16(23)11-14-17(2)9-8-15(22)18(3,12-21)13(17)7-10-20(14,5)24-19/h6,13-14,21H,1,7-12H2,2-5H3/t13-,14-,17+,18+,19-,20-/m0/s1. The van der Waals surface area contributed by atoms with Crippen LogP contribution in [0.5, 0.6) is 0 Å². The second-order valence-corrected chi connectivity index (χ2v) is 9.00. The lowest BCUT2D eigenvalue weighted by Gasteiger charge is -2.64. The Morgan fingerprint density at radius 2 is 1.83 bits per heavy atom. The van der Waals surface area contributed by atoms with E-state index in [1.54, 1.807) is 13.0 Å². The monoisotopic (exact) mass is 334 g/mol. The van der Waals surface area contributed by atoms with Crippen LogP contribution in [0.15, 0.2) is 12.7 Å². The topological polar surface area (TPSA) is 63.6 Å². The van der Waals surface area contributed by atoms with Gasteiger partial charge in [-0.2, -0.15) is 0 Å². The van der Waals surface area contributed by atoms with Crippen LogP contribution in [0.1, 0.15) is 59.8 Å². The first-order chi connectivity index (χ1) is 11.1. The van der Waals surface area contributed by atoms with Crippen LogP contribution in [-0.4, -0.2) is 34.5 Å². The summed E-state index contributed by atoms with van der Waals surface area (Å²) in [7, 11) is 0. The van der Waals surface area contributed by atoms with Gasteiger partial charge >= 0.3 is 0 Å². The zero-order valence-corrected chi connectivity index (χ0v) is 15.4. The zero-order valence-electron chi connectivity index (χ0n) is 15.4. The van der Waals surface area contributed by atoms with E-state index in [4.69, 9.17) is 4.74 Å². The summed E-state index contributed by atoms with van der Waals surface area (Å²) in [4.78, 5) is 25.3. The second-order valence-electron chi connectivity index (χ2n) is 9.00. The molecule has 4 heteroatoms. The van der Waals surface area contributed by atoms with Crippen LogP contribution in [0.2, 0.25) is 0 Å². The Balaban J connectivity index is 2.03. The zero-order chi connectivity index (χ0) is 18.0.